The zero-order valence-electron chi connectivity index (χ0n) is 13.9. The number of nitrogens with two attached hydrogens (primary N) is 1. The molecule has 0 unspecified atom stereocenters. The van der Waals surface area contributed by atoms with Crippen molar-refractivity contribution in [2.45, 2.75) is 45.3 Å². The summed E-state index contributed by atoms with van der Waals surface area (Å²) in [7, 11) is 0. The summed E-state index contributed by atoms with van der Waals surface area (Å²) in [6.07, 6.45) is 2.53. The lowest BCUT2D eigenvalue weighted by molar-refractivity contribution is -0.158. The quantitative estimate of drug-likeness (QED) is 0.691. The van der Waals surface area contributed by atoms with Gasteiger partial charge in [-0.1, -0.05) is 26.0 Å². The van der Waals surface area contributed by atoms with Crippen LogP contribution in [0.25, 0.3) is 10.9 Å². The zero-order chi connectivity index (χ0) is 16.8. The first-order chi connectivity index (χ1) is 10.8. The Bertz CT molecular complexity index is 750. The molecule has 23 heavy (non-hydrogen) atoms. The van der Waals surface area contributed by atoms with E-state index in [0.717, 1.165) is 11.9 Å². The van der Waals surface area contributed by atoms with Crippen LogP contribution in [0.15, 0.2) is 24.4 Å². The fourth-order valence-corrected chi connectivity index (χ4v) is 3.35. The van der Waals surface area contributed by atoms with Crippen LogP contribution >= 0.6 is 0 Å². The lowest BCUT2D eigenvalue weighted by atomic mass is 9.54. The van der Waals surface area contributed by atoms with Gasteiger partial charge >= 0.3 is 0 Å². The van der Waals surface area contributed by atoms with E-state index in [9.17, 15) is 9.90 Å². The zero-order valence-corrected chi connectivity index (χ0v) is 13.9. The van der Waals surface area contributed by atoms with Crippen molar-refractivity contribution in [3.05, 3.63) is 35.5 Å². The van der Waals surface area contributed by atoms with Crippen LogP contribution in [0.5, 0.6) is 0 Å². The standard InChI is InChI=1S/C18H25N3O2/c1-11-4-5-13-12(10-21-14(13)8-11)6-7-20-16(23)18(19)9-15(22)17(18,2)3/h4-5,8,10,15,21-22H,6-7,9,19H2,1-3H3,(H,20,23)/t15-,18-/m0/s1. The Labute approximate surface area is 136 Å². The molecule has 1 aromatic heterocycles. The molecule has 1 fully saturated rings. The van der Waals surface area contributed by atoms with Crippen LogP contribution in [0.4, 0.5) is 0 Å². The summed E-state index contributed by atoms with van der Waals surface area (Å²) in [5.41, 5.74) is 8.15. The predicted octanol–water partition coefficient (Wildman–Crippen LogP) is 1.62. The van der Waals surface area contributed by atoms with Gasteiger partial charge in [0.05, 0.1) is 6.10 Å². The second-order valence-electron chi connectivity index (χ2n) is 7.28. The largest absolute Gasteiger partial charge is 0.392 e. The molecule has 1 aromatic carbocycles. The summed E-state index contributed by atoms with van der Waals surface area (Å²) in [6.45, 7) is 6.27. The molecule has 1 aliphatic rings. The van der Waals surface area contributed by atoms with Crippen LogP contribution in [0.1, 0.15) is 31.4 Å². The van der Waals surface area contributed by atoms with Gasteiger partial charge in [-0.25, -0.2) is 0 Å². The van der Waals surface area contributed by atoms with Crippen molar-refractivity contribution in [2.75, 3.05) is 6.54 Å². The Morgan fingerprint density at radius 3 is 2.87 bits per heavy atom. The maximum Gasteiger partial charge on any atom is 0.240 e. The number of aromatic amines is 1. The van der Waals surface area contributed by atoms with E-state index in [-0.39, 0.29) is 5.91 Å². The molecule has 1 heterocycles. The minimum absolute atomic E-state index is 0.177. The number of aliphatic hydroxyl groups is 1. The van der Waals surface area contributed by atoms with E-state index < -0.39 is 17.1 Å². The average molecular weight is 315 g/mol. The average Bonchev–Trinajstić information content (AvgIpc) is 2.89. The number of H-pyrrole nitrogens is 1. The van der Waals surface area contributed by atoms with Crippen LogP contribution in [-0.4, -0.2) is 34.2 Å². The number of fused-ring (bicyclic) bond motifs is 1. The Morgan fingerprint density at radius 1 is 1.48 bits per heavy atom. The molecule has 5 heteroatoms. The lowest BCUT2D eigenvalue weighted by Crippen LogP contribution is -2.75. The highest BCUT2D eigenvalue weighted by Gasteiger charge is 2.61. The fourth-order valence-electron chi connectivity index (χ4n) is 3.35. The third kappa shape index (κ3) is 2.44. The number of aliphatic hydroxyl groups excluding tert-OH is 1. The highest BCUT2D eigenvalue weighted by molar-refractivity contribution is 5.89. The smallest absolute Gasteiger partial charge is 0.240 e. The summed E-state index contributed by atoms with van der Waals surface area (Å²) in [5, 5.41) is 13.9. The molecule has 0 aliphatic heterocycles. The summed E-state index contributed by atoms with van der Waals surface area (Å²) in [4.78, 5) is 15.7. The number of carbonyl (C=O) groups excluding carboxylic acids is 1. The fraction of sp³-hybridized carbons (Fsp3) is 0.500. The van der Waals surface area contributed by atoms with Crippen molar-refractivity contribution in [2.24, 2.45) is 11.1 Å². The number of amides is 1. The first kappa shape index (κ1) is 16.0. The number of carbonyl (C=O) groups is 1. The molecule has 1 amide bonds. The van der Waals surface area contributed by atoms with Gasteiger partial charge in [0.15, 0.2) is 0 Å². The second kappa shape index (κ2) is 5.35. The van der Waals surface area contributed by atoms with Crippen molar-refractivity contribution in [1.29, 1.82) is 0 Å². The Morgan fingerprint density at radius 2 is 2.22 bits per heavy atom. The maximum atomic E-state index is 12.4. The van der Waals surface area contributed by atoms with Gasteiger partial charge in [0.25, 0.3) is 0 Å². The molecule has 0 radical (unpaired) electrons. The molecule has 5 nitrogen and oxygen atoms in total. The van der Waals surface area contributed by atoms with Crippen molar-refractivity contribution < 1.29 is 9.90 Å². The summed E-state index contributed by atoms with van der Waals surface area (Å²) < 4.78 is 0. The third-order valence-corrected chi connectivity index (χ3v) is 5.51. The molecular weight excluding hydrogens is 290 g/mol. The van der Waals surface area contributed by atoms with Gasteiger partial charge in [-0.15, -0.1) is 0 Å². The third-order valence-electron chi connectivity index (χ3n) is 5.51. The van der Waals surface area contributed by atoms with Crippen molar-refractivity contribution >= 4 is 16.8 Å². The first-order valence-corrected chi connectivity index (χ1v) is 8.07. The number of nitrogens with one attached hydrogen (secondary N) is 2. The summed E-state index contributed by atoms with van der Waals surface area (Å²) in [6, 6.07) is 6.31. The van der Waals surface area contributed by atoms with Crippen molar-refractivity contribution in [3.8, 4) is 0 Å². The van der Waals surface area contributed by atoms with E-state index >= 15 is 0 Å². The van der Waals surface area contributed by atoms with Gasteiger partial charge in [-0.3, -0.25) is 4.79 Å². The number of hydrogen-bond acceptors (Lipinski definition) is 3. The van der Waals surface area contributed by atoms with Crippen LogP contribution in [0.3, 0.4) is 0 Å². The van der Waals surface area contributed by atoms with Crippen LogP contribution in [-0.2, 0) is 11.2 Å². The molecule has 0 saturated heterocycles. The number of aryl methyl sites for hydroxylation is 1. The summed E-state index contributed by atoms with van der Waals surface area (Å²) >= 11 is 0. The highest BCUT2D eigenvalue weighted by atomic mass is 16.3. The lowest BCUT2D eigenvalue weighted by Gasteiger charge is -2.55. The van der Waals surface area contributed by atoms with Gasteiger partial charge in [0.1, 0.15) is 5.54 Å². The molecule has 2 atom stereocenters. The molecule has 2 aromatic rings. The van der Waals surface area contributed by atoms with E-state index in [1.54, 1.807) is 0 Å². The van der Waals surface area contributed by atoms with Gasteiger partial charge in [-0.05, 0) is 30.5 Å². The van der Waals surface area contributed by atoms with Gasteiger partial charge in [-0.2, -0.15) is 0 Å². The molecule has 0 spiro atoms. The second-order valence-corrected chi connectivity index (χ2v) is 7.28. The van der Waals surface area contributed by atoms with Crippen LogP contribution in [0.2, 0.25) is 0 Å². The topological polar surface area (TPSA) is 91.1 Å². The molecular formula is C18H25N3O2. The normalized spacial score (nSPS) is 26.0. The van der Waals surface area contributed by atoms with E-state index in [1.807, 2.05) is 20.0 Å². The van der Waals surface area contributed by atoms with Crippen molar-refractivity contribution in [1.82, 2.24) is 10.3 Å². The molecule has 124 valence electrons. The number of hydrogen-bond donors (Lipinski definition) is 4. The molecule has 1 aliphatic carbocycles. The Kier molecular flexibility index (Phi) is 3.73. The van der Waals surface area contributed by atoms with Gasteiger partial charge in [0, 0.05) is 35.5 Å². The number of benzene rings is 1. The maximum absolute atomic E-state index is 12.4. The minimum Gasteiger partial charge on any atom is -0.392 e. The van der Waals surface area contributed by atoms with Crippen LogP contribution in [0, 0.1) is 12.3 Å². The van der Waals surface area contributed by atoms with E-state index in [4.69, 9.17) is 5.73 Å². The highest BCUT2D eigenvalue weighted by Crippen LogP contribution is 2.47. The molecule has 5 N–H and O–H groups in total. The molecule has 0 bridgehead atoms. The SMILES string of the molecule is Cc1ccc2c(CCNC(=O)[C@@]3(N)C[C@H](O)C3(C)C)c[nH]c2c1. The van der Waals surface area contributed by atoms with Crippen molar-refractivity contribution in [3.63, 3.8) is 0 Å². The predicted molar refractivity (Wildman–Crippen MR) is 91.1 cm³/mol. The van der Waals surface area contributed by atoms with Crippen LogP contribution < -0.4 is 11.1 Å². The molecule has 3 rings (SSSR count). The molecule has 1 saturated carbocycles. The minimum atomic E-state index is -0.982. The van der Waals surface area contributed by atoms with E-state index in [2.05, 4.69) is 35.4 Å². The first-order valence-electron chi connectivity index (χ1n) is 8.07. The van der Waals surface area contributed by atoms with Gasteiger partial charge in [0.2, 0.25) is 5.91 Å². The van der Waals surface area contributed by atoms with E-state index in [1.165, 1.54) is 16.5 Å². The summed E-state index contributed by atoms with van der Waals surface area (Å²) in [5.74, 6) is -0.177. The Hall–Kier alpha value is -1.85. The van der Waals surface area contributed by atoms with E-state index in [0.29, 0.717) is 13.0 Å². The van der Waals surface area contributed by atoms with Gasteiger partial charge < -0.3 is 21.1 Å². The number of rotatable bonds is 4. The Balaban J connectivity index is 1.62. The number of aromatic nitrogens is 1. The monoisotopic (exact) mass is 315 g/mol.